The molecule has 0 bridgehead atoms. The van der Waals surface area contributed by atoms with E-state index in [0.717, 1.165) is 25.0 Å². The van der Waals surface area contributed by atoms with E-state index in [1.807, 2.05) is 0 Å². The molecule has 0 aromatic carbocycles. The molecule has 1 aromatic heterocycles. The van der Waals surface area contributed by atoms with E-state index in [9.17, 15) is 0 Å². The molecule has 1 heterocycles. The monoisotopic (exact) mass is 273 g/mol. The molecule has 20 heavy (non-hydrogen) atoms. The van der Waals surface area contributed by atoms with Gasteiger partial charge < -0.3 is 10.2 Å². The zero-order chi connectivity index (χ0) is 13.9. The topological polar surface area (TPSA) is 28.2 Å². The molecule has 0 amide bonds. The summed E-state index contributed by atoms with van der Waals surface area (Å²) in [6, 6.07) is 3.08. The van der Waals surface area contributed by atoms with Gasteiger partial charge in [0, 0.05) is 25.3 Å². The minimum absolute atomic E-state index is 0.769. The molecule has 3 heteroatoms. The smallest absolute Gasteiger partial charge is 0.131 e. The molecule has 2 aliphatic rings. The second-order valence-electron chi connectivity index (χ2n) is 6.49. The molecular formula is C17H27N3. The summed E-state index contributed by atoms with van der Waals surface area (Å²) in [7, 11) is 0. The van der Waals surface area contributed by atoms with Gasteiger partial charge in [0.15, 0.2) is 0 Å². The highest BCUT2D eigenvalue weighted by molar-refractivity contribution is 5.49. The van der Waals surface area contributed by atoms with Gasteiger partial charge in [-0.1, -0.05) is 6.92 Å². The van der Waals surface area contributed by atoms with E-state index in [2.05, 4.69) is 36.3 Å². The van der Waals surface area contributed by atoms with E-state index in [0.29, 0.717) is 0 Å². The van der Waals surface area contributed by atoms with Gasteiger partial charge in [-0.3, -0.25) is 0 Å². The summed E-state index contributed by atoms with van der Waals surface area (Å²) >= 11 is 0. The fourth-order valence-corrected chi connectivity index (χ4v) is 2.81. The van der Waals surface area contributed by atoms with E-state index in [1.54, 1.807) is 0 Å². The van der Waals surface area contributed by atoms with Gasteiger partial charge in [-0.2, -0.15) is 0 Å². The highest BCUT2D eigenvalue weighted by Crippen LogP contribution is 2.38. The molecule has 2 aliphatic carbocycles. The zero-order valence-electron chi connectivity index (χ0n) is 12.9. The Bertz CT molecular complexity index is 450. The van der Waals surface area contributed by atoms with Gasteiger partial charge in [-0.05, 0) is 68.7 Å². The van der Waals surface area contributed by atoms with Crippen molar-refractivity contribution in [3.05, 3.63) is 23.4 Å². The molecule has 0 saturated heterocycles. The Morgan fingerprint density at radius 1 is 1.30 bits per heavy atom. The second-order valence-corrected chi connectivity index (χ2v) is 6.49. The van der Waals surface area contributed by atoms with E-state index in [4.69, 9.17) is 4.98 Å². The lowest BCUT2D eigenvalue weighted by molar-refractivity contribution is 0.671. The minimum atomic E-state index is 0.769. The predicted molar refractivity (Wildman–Crippen MR) is 84.1 cm³/mol. The van der Waals surface area contributed by atoms with E-state index in [1.165, 1.54) is 55.6 Å². The first-order valence-electron chi connectivity index (χ1n) is 8.20. The van der Waals surface area contributed by atoms with Gasteiger partial charge in [-0.25, -0.2) is 4.98 Å². The number of anilines is 1. The normalized spacial score (nSPS) is 18.3. The Hall–Kier alpha value is -1.09. The molecule has 110 valence electrons. The summed E-state index contributed by atoms with van der Waals surface area (Å²) in [6.45, 7) is 7.66. The summed E-state index contributed by atoms with van der Waals surface area (Å²) in [5.41, 5.74) is 2.65. The van der Waals surface area contributed by atoms with Gasteiger partial charge >= 0.3 is 0 Å². The van der Waals surface area contributed by atoms with Gasteiger partial charge in [0.25, 0.3) is 0 Å². The zero-order valence-corrected chi connectivity index (χ0v) is 12.9. The van der Waals surface area contributed by atoms with Crippen molar-refractivity contribution in [3.8, 4) is 0 Å². The van der Waals surface area contributed by atoms with Crippen LogP contribution in [0, 0.1) is 12.8 Å². The average molecular weight is 273 g/mol. The van der Waals surface area contributed by atoms with Crippen LogP contribution in [0.2, 0.25) is 0 Å². The van der Waals surface area contributed by atoms with Crippen molar-refractivity contribution in [1.82, 2.24) is 10.3 Å². The molecule has 1 N–H and O–H groups in total. The number of aryl methyl sites for hydroxylation is 1. The number of hydrogen-bond donors (Lipinski definition) is 1. The maximum atomic E-state index is 4.79. The van der Waals surface area contributed by atoms with E-state index < -0.39 is 0 Å². The van der Waals surface area contributed by atoms with Crippen LogP contribution in [0.25, 0.3) is 0 Å². The third-order valence-corrected chi connectivity index (χ3v) is 4.27. The number of rotatable bonds is 8. The largest absolute Gasteiger partial charge is 0.353 e. The Morgan fingerprint density at radius 3 is 2.70 bits per heavy atom. The maximum absolute atomic E-state index is 4.79. The molecular weight excluding hydrogens is 246 g/mol. The molecule has 1 aromatic rings. The standard InChI is InChI=1S/C17H27N3/c1-3-8-18-10-15-9-13(2)17(19-11-15)20(16-6-7-16)12-14-4-5-14/h9,11,14,16,18H,3-8,10,12H2,1-2H3. The first kappa shape index (κ1) is 13.9. The van der Waals surface area contributed by atoms with Crippen LogP contribution in [0.15, 0.2) is 12.3 Å². The van der Waals surface area contributed by atoms with Crippen molar-refractivity contribution in [2.24, 2.45) is 5.92 Å². The minimum Gasteiger partial charge on any atom is -0.353 e. The van der Waals surface area contributed by atoms with Gasteiger partial charge in [0.1, 0.15) is 5.82 Å². The summed E-state index contributed by atoms with van der Waals surface area (Å²) in [5.74, 6) is 2.17. The lowest BCUT2D eigenvalue weighted by Gasteiger charge is -2.25. The molecule has 0 aliphatic heterocycles. The van der Waals surface area contributed by atoms with Crippen LogP contribution in [0.3, 0.4) is 0 Å². The fourth-order valence-electron chi connectivity index (χ4n) is 2.81. The molecule has 2 fully saturated rings. The maximum Gasteiger partial charge on any atom is 0.131 e. The van der Waals surface area contributed by atoms with Gasteiger partial charge in [0.2, 0.25) is 0 Å². The van der Waals surface area contributed by atoms with Crippen LogP contribution in [0.4, 0.5) is 5.82 Å². The molecule has 0 radical (unpaired) electrons. The number of pyridine rings is 1. The third kappa shape index (κ3) is 3.51. The summed E-state index contributed by atoms with van der Waals surface area (Å²) in [4.78, 5) is 7.36. The fraction of sp³-hybridized carbons (Fsp3) is 0.706. The molecule has 2 saturated carbocycles. The highest BCUT2D eigenvalue weighted by atomic mass is 15.2. The average Bonchev–Trinajstić information content (AvgIpc) is 3.30. The van der Waals surface area contributed by atoms with Crippen molar-refractivity contribution in [1.29, 1.82) is 0 Å². The summed E-state index contributed by atoms with van der Waals surface area (Å²) in [5, 5.41) is 3.45. The van der Waals surface area contributed by atoms with Crippen LogP contribution < -0.4 is 10.2 Å². The van der Waals surface area contributed by atoms with Crippen molar-refractivity contribution >= 4 is 5.82 Å². The van der Waals surface area contributed by atoms with Crippen LogP contribution >= 0.6 is 0 Å². The molecule has 0 atom stereocenters. The Morgan fingerprint density at radius 2 is 2.10 bits per heavy atom. The number of hydrogen-bond acceptors (Lipinski definition) is 3. The molecule has 3 nitrogen and oxygen atoms in total. The van der Waals surface area contributed by atoms with E-state index >= 15 is 0 Å². The van der Waals surface area contributed by atoms with Crippen LogP contribution in [-0.2, 0) is 6.54 Å². The van der Waals surface area contributed by atoms with Crippen LogP contribution in [0.1, 0.15) is 50.2 Å². The predicted octanol–water partition coefficient (Wildman–Crippen LogP) is 3.27. The van der Waals surface area contributed by atoms with Crippen molar-refractivity contribution in [2.45, 2.75) is 58.5 Å². The molecule has 3 rings (SSSR count). The number of nitrogens with one attached hydrogen (secondary N) is 1. The Balaban J connectivity index is 1.68. The summed E-state index contributed by atoms with van der Waals surface area (Å²) < 4.78 is 0. The van der Waals surface area contributed by atoms with Crippen molar-refractivity contribution in [2.75, 3.05) is 18.0 Å². The first-order chi connectivity index (χ1) is 9.78. The third-order valence-electron chi connectivity index (χ3n) is 4.27. The number of aromatic nitrogens is 1. The molecule has 0 spiro atoms. The summed E-state index contributed by atoms with van der Waals surface area (Å²) in [6.07, 6.45) is 8.79. The Labute approximate surface area is 122 Å². The number of nitrogens with zero attached hydrogens (tertiary/aromatic N) is 2. The van der Waals surface area contributed by atoms with Gasteiger partial charge in [-0.15, -0.1) is 0 Å². The SMILES string of the molecule is CCCNCc1cnc(N(CC2CC2)C2CC2)c(C)c1. The Kier molecular flexibility index (Phi) is 4.25. The molecule has 0 unspecified atom stereocenters. The van der Waals surface area contributed by atoms with E-state index in [-0.39, 0.29) is 0 Å². The lowest BCUT2D eigenvalue weighted by Crippen LogP contribution is -2.29. The second kappa shape index (κ2) is 6.13. The lowest BCUT2D eigenvalue weighted by atomic mass is 10.2. The van der Waals surface area contributed by atoms with Crippen LogP contribution in [-0.4, -0.2) is 24.1 Å². The quantitative estimate of drug-likeness (QED) is 0.737. The van der Waals surface area contributed by atoms with Crippen molar-refractivity contribution in [3.63, 3.8) is 0 Å². The first-order valence-corrected chi connectivity index (χ1v) is 8.20. The van der Waals surface area contributed by atoms with Crippen molar-refractivity contribution < 1.29 is 0 Å². The van der Waals surface area contributed by atoms with Crippen LogP contribution in [0.5, 0.6) is 0 Å². The van der Waals surface area contributed by atoms with Gasteiger partial charge in [0.05, 0.1) is 0 Å². The highest BCUT2D eigenvalue weighted by Gasteiger charge is 2.34.